The number of nitrogens with zero attached hydrogens (tertiary/aromatic N) is 4. The maximum Gasteiger partial charge on any atom is 0.434 e. The maximum absolute atomic E-state index is 12.3. The quantitative estimate of drug-likeness (QED) is 0.727. The molecule has 0 spiro atoms. The molecule has 0 saturated heterocycles. The molecule has 0 amide bonds. The van der Waals surface area contributed by atoms with E-state index in [0.717, 1.165) is 4.52 Å². The number of alkyl halides is 3. The number of hydrogen-bond donors (Lipinski definition) is 0. The first-order valence-electron chi connectivity index (χ1n) is 3.53. The van der Waals surface area contributed by atoms with E-state index in [0.29, 0.717) is 6.20 Å². The SMILES string of the molecule is FC(F)(F)c1cn2nc(Cl)nc(Cl)c2n1. The van der Waals surface area contributed by atoms with Gasteiger partial charge in [-0.25, -0.2) is 14.5 Å². The largest absolute Gasteiger partial charge is 0.434 e. The lowest BCUT2D eigenvalue weighted by molar-refractivity contribution is -0.140. The van der Waals surface area contributed by atoms with Gasteiger partial charge in [-0.15, -0.1) is 5.10 Å². The first-order chi connectivity index (χ1) is 6.88. The van der Waals surface area contributed by atoms with Gasteiger partial charge < -0.3 is 0 Å². The zero-order valence-corrected chi connectivity index (χ0v) is 8.27. The Morgan fingerprint density at radius 3 is 2.47 bits per heavy atom. The Morgan fingerprint density at radius 1 is 1.20 bits per heavy atom. The van der Waals surface area contributed by atoms with Crippen LogP contribution in [0.25, 0.3) is 5.65 Å². The van der Waals surface area contributed by atoms with Crippen LogP contribution in [-0.4, -0.2) is 19.6 Å². The predicted octanol–water partition coefficient (Wildman–Crippen LogP) is 2.45. The van der Waals surface area contributed by atoms with Gasteiger partial charge in [0.05, 0.1) is 6.20 Å². The molecule has 9 heteroatoms. The summed E-state index contributed by atoms with van der Waals surface area (Å²) >= 11 is 11.0. The Kier molecular flexibility index (Phi) is 2.23. The molecule has 0 fully saturated rings. The molecule has 0 radical (unpaired) electrons. The number of aromatic nitrogens is 4. The van der Waals surface area contributed by atoms with Crippen LogP contribution in [-0.2, 0) is 6.18 Å². The third-order valence-corrected chi connectivity index (χ3v) is 1.96. The summed E-state index contributed by atoms with van der Waals surface area (Å²) in [5.41, 5.74) is -1.28. The van der Waals surface area contributed by atoms with Gasteiger partial charge in [0.15, 0.2) is 16.5 Å². The lowest BCUT2D eigenvalue weighted by Gasteiger charge is -1.98. The molecule has 0 aliphatic heterocycles. The molecule has 2 rings (SSSR count). The van der Waals surface area contributed by atoms with Crippen LogP contribution >= 0.6 is 23.2 Å². The summed E-state index contributed by atoms with van der Waals surface area (Å²) in [4.78, 5) is 6.71. The van der Waals surface area contributed by atoms with E-state index in [2.05, 4.69) is 15.1 Å². The highest BCUT2D eigenvalue weighted by molar-refractivity contribution is 6.33. The third-order valence-electron chi connectivity index (χ3n) is 1.54. The summed E-state index contributed by atoms with van der Waals surface area (Å²) < 4.78 is 37.6. The Labute approximate surface area is 90.6 Å². The number of hydrogen-bond acceptors (Lipinski definition) is 3. The van der Waals surface area contributed by atoms with Crippen molar-refractivity contribution in [2.24, 2.45) is 0 Å². The fourth-order valence-electron chi connectivity index (χ4n) is 0.967. The molecule has 0 N–H and O–H groups in total. The molecule has 4 nitrogen and oxygen atoms in total. The van der Waals surface area contributed by atoms with Crippen molar-refractivity contribution >= 4 is 28.8 Å². The zero-order chi connectivity index (χ0) is 11.2. The van der Waals surface area contributed by atoms with Gasteiger partial charge in [0, 0.05) is 0 Å². The van der Waals surface area contributed by atoms with E-state index in [1.54, 1.807) is 0 Å². The van der Waals surface area contributed by atoms with Gasteiger partial charge >= 0.3 is 6.18 Å². The van der Waals surface area contributed by atoms with E-state index in [1.807, 2.05) is 0 Å². The highest BCUT2D eigenvalue weighted by atomic mass is 35.5. The van der Waals surface area contributed by atoms with Crippen LogP contribution in [0.4, 0.5) is 13.2 Å². The fourth-order valence-corrected chi connectivity index (χ4v) is 1.39. The number of imidazole rings is 1. The van der Waals surface area contributed by atoms with E-state index >= 15 is 0 Å². The highest BCUT2D eigenvalue weighted by Crippen LogP contribution is 2.29. The molecule has 2 aromatic rings. The lowest BCUT2D eigenvalue weighted by Crippen LogP contribution is -2.04. The van der Waals surface area contributed by atoms with Crippen LogP contribution in [0, 0.1) is 0 Å². The summed E-state index contributed by atoms with van der Waals surface area (Å²) in [6.45, 7) is 0. The second-order valence-corrected chi connectivity index (χ2v) is 3.26. The summed E-state index contributed by atoms with van der Waals surface area (Å²) in [6.07, 6.45) is -3.86. The summed E-state index contributed by atoms with van der Waals surface area (Å²) in [7, 11) is 0. The van der Waals surface area contributed by atoms with E-state index in [4.69, 9.17) is 23.2 Å². The Hall–Kier alpha value is -1.08. The molecule has 0 aliphatic carbocycles. The second kappa shape index (κ2) is 3.21. The van der Waals surface area contributed by atoms with Gasteiger partial charge in [-0.3, -0.25) is 0 Å². The highest BCUT2D eigenvalue weighted by Gasteiger charge is 2.34. The molecule has 0 saturated carbocycles. The average molecular weight is 257 g/mol. The fraction of sp³-hybridized carbons (Fsp3) is 0.167. The van der Waals surface area contributed by atoms with Crippen molar-refractivity contribution in [1.82, 2.24) is 19.6 Å². The minimum atomic E-state index is -4.55. The molecular weight excluding hydrogens is 256 g/mol. The molecular formula is C6HCl2F3N4. The molecule has 0 atom stereocenters. The van der Waals surface area contributed by atoms with Crippen LogP contribution < -0.4 is 0 Å². The van der Waals surface area contributed by atoms with Crippen molar-refractivity contribution < 1.29 is 13.2 Å². The minimum absolute atomic E-state index is 0.187. The molecule has 0 unspecified atom stereocenters. The topological polar surface area (TPSA) is 43.1 Å². The second-order valence-electron chi connectivity index (χ2n) is 2.56. The minimum Gasteiger partial charge on any atom is -0.220 e. The van der Waals surface area contributed by atoms with Gasteiger partial charge in [0.1, 0.15) is 0 Å². The predicted molar refractivity (Wildman–Crippen MR) is 45.8 cm³/mol. The van der Waals surface area contributed by atoms with Crippen LogP contribution in [0.1, 0.15) is 5.69 Å². The summed E-state index contributed by atoms with van der Waals surface area (Å²) in [5, 5.41) is 3.01. The van der Waals surface area contributed by atoms with Crippen LogP contribution in [0.5, 0.6) is 0 Å². The van der Waals surface area contributed by atoms with Crippen LogP contribution in [0.15, 0.2) is 6.20 Å². The van der Waals surface area contributed by atoms with Gasteiger partial charge in [-0.1, -0.05) is 11.6 Å². The van der Waals surface area contributed by atoms with E-state index in [9.17, 15) is 13.2 Å². The monoisotopic (exact) mass is 256 g/mol. The van der Waals surface area contributed by atoms with Crippen LogP contribution in [0.2, 0.25) is 10.4 Å². The number of halogens is 5. The normalized spacial score (nSPS) is 12.3. The molecule has 0 aromatic carbocycles. The van der Waals surface area contributed by atoms with Crippen LogP contribution in [0.3, 0.4) is 0 Å². The van der Waals surface area contributed by atoms with Gasteiger partial charge in [-0.2, -0.15) is 13.2 Å². The molecule has 80 valence electrons. The van der Waals surface area contributed by atoms with Gasteiger partial charge in [0.25, 0.3) is 0 Å². The van der Waals surface area contributed by atoms with E-state index in [1.165, 1.54) is 0 Å². The van der Waals surface area contributed by atoms with E-state index in [-0.39, 0.29) is 16.1 Å². The molecule has 2 aromatic heterocycles. The molecule has 15 heavy (non-hydrogen) atoms. The van der Waals surface area contributed by atoms with Crippen molar-refractivity contribution in [2.75, 3.05) is 0 Å². The Balaban J connectivity index is 2.71. The third kappa shape index (κ3) is 1.84. The molecule has 2 heterocycles. The molecule has 0 aliphatic rings. The van der Waals surface area contributed by atoms with Gasteiger partial charge in [0.2, 0.25) is 5.28 Å². The van der Waals surface area contributed by atoms with Gasteiger partial charge in [-0.05, 0) is 11.6 Å². The smallest absolute Gasteiger partial charge is 0.220 e. The van der Waals surface area contributed by atoms with E-state index < -0.39 is 11.9 Å². The molecule has 0 bridgehead atoms. The Morgan fingerprint density at radius 2 is 1.87 bits per heavy atom. The summed E-state index contributed by atoms with van der Waals surface area (Å²) in [5.74, 6) is 0. The first-order valence-corrected chi connectivity index (χ1v) is 4.29. The lowest BCUT2D eigenvalue weighted by atomic mass is 10.5. The maximum atomic E-state index is 12.3. The van der Waals surface area contributed by atoms with Crippen molar-refractivity contribution in [2.45, 2.75) is 6.18 Å². The Bertz CT molecular complexity index is 521. The van der Waals surface area contributed by atoms with Crippen molar-refractivity contribution in [3.05, 3.63) is 22.3 Å². The first kappa shape index (κ1) is 10.4. The average Bonchev–Trinajstić information content (AvgIpc) is 2.46. The standard InChI is InChI=1S/C6HCl2F3N4/c7-3-4-12-2(6(9,10)11)1-15(4)14-5(8)13-3/h1H. The van der Waals surface area contributed by atoms with Crippen molar-refractivity contribution in [3.8, 4) is 0 Å². The van der Waals surface area contributed by atoms with Crippen molar-refractivity contribution in [1.29, 1.82) is 0 Å². The number of rotatable bonds is 0. The summed E-state index contributed by atoms with van der Waals surface area (Å²) in [6, 6.07) is 0. The zero-order valence-electron chi connectivity index (χ0n) is 6.76. The number of fused-ring (bicyclic) bond motifs is 1. The van der Waals surface area contributed by atoms with Crippen molar-refractivity contribution in [3.63, 3.8) is 0 Å².